The molecule has 0 saturated carbocycles. The molecule has 0 radical (unpaired) electrons. The molecule has 8 heteroatoms. The number of H-pyrrole nitrogens is 1. The third-order valence-electron chi connectivity index (χ3n) is 6.19. The molecule has 5 rings (SSSR count). The van der Waals surface area contributed by atoms with Gasteiger partial charge in [-0.05, 0) is 34.9 Å². The van der Waals surface area contributed by atoms with Gasteiger partial charge in [0.05, 0.1) is 6.54 Å². The van der Waals surface area contributed by atoms with Gasteiger partial charge in [-0.25, -0.2) is 9.50 Å². The normalized spacial score (nSPS) is 13.7. The fraction of sp³-hybridized carbons (Fsp3) is 0.308. The van der Waals surface area contributed by atoms with E-state index in [-0.39, 0.29) is 29.5 Å². The molecule has 0 unspecified atom stereocenters. The molecule has 2 aromatic carbocycles. The van der Waals surface area contributed by atoms with Gasteiger partial charge < -0.3 is 10.6 Å². The van der Waals surface area contributed by atoms with Crippen molar-refractivity contribution in [2.75, 3.05) is 11.9 Å². The highest BCUT2D eigenvalue weighted by Gasteiger charge is 2.22. The molecule has 0 saturated heterocycles. The van der Waals surface area contributed by atoms with Crippen LogP contribution in [0.3, 0.4) is 0 Å². The minimum atomic E-state index is -0.286. The first-order valence-electron chi connectivity index (χ1n) is 11.5. The summed E-state index contributed by atoms with van der Waals surface area (Å²) in [6, 6.07) is 17.8. The SMILES string of the molecule is CC(C)(C)c1ccc(-c2nc(NCC(=O)NC3Cc4ccccc4C3)n3[nH]c(=O)cc3n2)cc1. The van der Waals surface area contributed by atoms with Crippen LogP contribution in [-0.4, -0.2) is 38.1 Å². The lowest BCUT2D eigenvalue weighted by Gasteiger charge is -2.19. The van der Waals surface area contributed by atoms with Crippen LogP contribution in [0, 0.1) is 0 Å². The summed E-state index contributed by atoms with van der Waals surface area (Å²) >= 11 is 0. The molecule has 4 aromatic rings. The van der Waals surface area contributed by atoms with Crippen molar-refractivity contribution < 1.29 is 4.79 Å². The van der Waals surface area contributed by atoms with E-state index in [1.54, 1.807) is 0 Å². The molecule has 2 heterocycles. The number of amides is 1. The van der Waals surface area contributed by atoms with Crippen molar-refractivity contribution in [3.05, 3.63) is 81.6 Å². The van der Waals surface area contributed by atoms with Crippen LogP contribution in [0.1, 0.15) is 37.5 Å². The molecule has 34 heavy (non-hydrogen) atoms. The van der Waals surface area contributed by atoms with Crippen molar-refractivity contribution in [1.82, 2.24) is 24.9 Å². The molecule has 1 aliphatic carbocycles. The van der Waals surface area contributed by atoms with Crippen molar-refractivity contribution in [2.24, 2.45) is 0 Å². The Morgan fingerprint density at radius 2 is 1.74 bits per heavy atom. The largest absolute Gasteiger partial charge is 0.351 e. The molecule has 8 nitrogen and oxygen atoms in total. The number of aromatic amines is 1. The van der Waals surface area contributed by atoms with Gasteiger partial charge in [0.15, 0.2) is 11.5 Å². The molecular weight excluding hydrogens is 428 g/mol. The number of anilines is 1. The fourth-order valence-corrected chi connectivity index (χ4v) is 4.38. The summed E-state index contributed by atoms with van der Waals surface area (Å²) in [5, 5.41) is 8.85. The summed E-state index contributed by atoms with van der Waals surface area (Å²) in [6.07, 6.45) is 1.67. The number of aromatic nitrogens is 4. The molecule has 0 atom stereocenters. The van der Waals surface area contributed by atoms with Gasteiger partial charge in [-0.15, -0.1) is 0 Å². The van der Waals surface area contributed by atoms with E-state index in [9.17, 15) is 9.59 Å². The number of carbonyl (C=O) groups excluding carboxylic acids is 1. The Morgan fingerprint density at radius 1 is 1.06 bits per heavy atom. The second-order valence-corrected chi connectivity index (χ2v) is 9.81. The van der Waals surface area contributed by atoms with Crippen LogP contribution in [0.2, 0.25) is 0 Å². The first kappa shape index (κ1) is 21.9. The minimum absolute atomic E-state index is 0.0293. The van der Waals surface area contributed by atoms with Crippen molar-refractivity contribution in [2.45, 2.75) is 45.1 Å². The maximum Gasteiger partial charge on any atom is 0.266 e. The molecule has 0 spiro atoms. The summed E-state index contributed by atoms with van der Waals surface area (Å²) < 4.78 is 1.47. The number of carbonyl (C=O) groups is 1. The van der Waals surface area contributed by atoms with Crippen LogP contribution >= 0.6 is 0 Å². The van der Waals surface area contributed by atoms with Crippen molar-refractivity contribution in [3.8, 4) is 11.4 Å². The summed E-state index contributed by atoms with van der Waals surface area (Å²) in [4.78, 5) is 33.8. The highest BCUT2D eigenvalue weighted by Crippen LogP contribution is 2.25. The summed E-state index contributed by atoms with van der Waals surface area (Å²) in [5.41, 5.74) is 4.79. The number of benzene rings is 2. The first-order valence-corrected chi connectivity index (χ1v) is 11.5. The van der Waals surface area contributed by atoms with Crippen molar-refractivity contribution in [1.29, 1.82) is 0 Å². The second kappa shape index (κ2) is 8.44. The van der Waals surface area contributed by atoms with Gasteiger partial charge in [0.1, 0.15) is 0 Å². The van der Waals surface area contributed by atoms with Gasteiger partial charge in [-0.2, -0.15) is 4.98 Å². The molecule has 0 bridgehead atoms. The number of hydrogen-bond donors (Lipinski definition) is 3. The molecule has 2 aromatic heterocycles. The predicted octanol–water partition coefficient (Wildman–Crippen LogP) is 3.08. The molecule has 1 aliphatic rings. The van der Waals surface area contributed by atoms with E-state index >= 15 is 0 Å². The number of fused-ring (bicyclic) bond motifs is 2. The van der Waals surface area contributed by atoms with Crippen LogP contribution in [0.15, 0.2) is 59.4 Å². The zero-order valence-corrected chi connectivity index (χ0v) is 19.6. The third kappa shape index (κ3) is 4.44. The molecule has 1 amide bonds. The summed E-state index contributed by atoms with van der Waals surface area (Å²) in [5.74, 6) is 0.704. The Bertz CT molecular complexity index is 1390. The molecule has 3 N–H and O–H groups in total. The van der Waals surface area contributed by atoms with Crippen LogP contribution in [0.25, 0.3) is 17.0 Å². The number of hydrogen-bond acceptors (Lipinski definition) is 5. The predicted molar refractivity (Wildman–Crippen MR) is 132 cm³/mol. The standard InChI is InChI=1S/C26H28N6O2/c1-26(2,3)19-10-8-16(9-11-19)24-29-21-14-22(33)31-32(21)25(30-24)27-15-23(34)28-20-12-17-6-4-5-7-18(17)13-20/h4-11,14,20H,12-13,15H2,1-3H3,(H,28,34)(H,31,33)(H,27,29,30). The average molecular weight is 457 g/mol. The highest BCUT2D eigenvalue weighted by atomic mass is 16.2. The molecular formula is C26H28N6O2. The van der Waals surface area contributed by atoms with E-state index in [1.807, 2.05) is 24.3 Å². The smallest absolute Gasteiger partial charge is 0.266 e. The van der Waals surface area contributed by atoms with Crippen LogP contribution < -0.4 is 16.2 Å². The first-order chi connectivity index (χ1) is 16.3. The number of rotatable bonds is 5. The van der Waals surface area contributed by atoms with E-state index in [0.717, 1.165) is 18.4 Å². The Morgan fingerprint density at radius 3 is 2.38 bits per heavy atom. The Labute approximate surface area is 197 Å². The lowest BCUT2D eigenvalue weighted by molar-refractivity contribution is -0.120. The topological polar surface area (TPSA) is 104 Å². The van der Waals surface area contributed by atoms with E-state index in [2.05, 4.69) is 70.7 Å². The van der Waals surface area contributed by atoms with Gasteiger partial charge in [0, 0.05) is 17.7 Å². The maximum atomic E-state index is 12.7. The van der Waals surface area contributed by atoms with Crippen molar-refractivity contribution >= 4 is 17.5 Å². The van der Waals surface area contributed by atoms with Crippen LogP contribution in [0.5, 0.6) is 0 Å². The van der Waals surface area contributed by atoms with Crippen LogP contribution in [0.4, 0.5) is 5.95 Å². The van der Waals surface area contributed by atoms with Gasteiger partial charge >= 0.3 is 0 Å². The van der Waals surface area contributed by atoms with E-state index in [0.29, 0.717) is 17.4 Å². The zero-order valence-electron chi connectivity index (χ0n) is 19.6. The van der Waals surface area contributed by atoms with E-state index < -0.39 is 0 Å². The lowest BCUT2D eigenvalue weighted by atomic mass is 9.87. The Kier molecular flexibility index (Phi) is 5.43. The van der Waals surface area contributed by atoms with Gasteiger partial charge in [0.25, 0.3) is 5.56 Å². The maximum absolute atomic E-state index is 12.7. The number of nitrogens with zero attached hydrogens (tertiary/aromatic N) is 3. The third-order valence-corrected chi connectivity index (χ3v) is 6.19. The average Bonchev–Trinajstić information content (AvgIpc) is 3.38. The summed E-state index contributed by atoms with van der Waals surface area (Å²) in [7, 11) is 0. The monoisotopic (exact) mass is 456 g/mol. The summed E-state index contributed by atoms with van der Waals surface area (Å²) in [6.45, 7) is 6.51. The fourth-order valence-electron chi connectivity index (χ4n) is 4.38. The lowest BCUT2D eigenvalue weighted by Crippen LogP contribution is -2.39. The minimum Gasteiger partial charge on any atom is -0.351 e. The van der Waals surface area contributed by atoms with Crippen LogP contribution in [-0.2, 0) is 23.1 Å². The Hall–Kier alpha value is -3.94. The van der Waals surface area contributed by atoms with Crippen molar-refractivity contribution in [3.63, 3.8) is 0 Å². The molecule has 0 fully saturated rings. The quantitative estimate of drug-likeness (QED) is 0.428. The number of nitrogens with one attached hydrogen (secondary N) is 3. The second-order valence-electron chi connectivity index (χ2n) is 9.81. The molecule has 174 valence electrons. The molecule has 0 aliphatic heterocycles. The van der Waals surface area contributed by atoms with Gasteiger partial charge in [-0.1, -0.05) is 69.3 Å². The Balaban J connectivity index is 1.33. The van der Waals surface area contributed by atoms with Gasteiger partial charge in [0.2, 0.25) is 11.9 Å². The van der Waals surface area contributed by atoms with E-state index in [1.165, 1.54) is 27.3 Å². The van der Waals surface area contributed by atoms with Gasteiger partial charge in [-0.3, -0.25) is 14.7 Å². The zero-order chi connectivity index (χ0) is 23.9. The van der Waals surface area contributed by atoms with E-state index in [4.69, 9.17) is 0 Å². The highest BCUT2D eigenvalue weighted by molar-refractivity contribution is 5.81.